The van der Waals surface area contributed by atoms with Gasteiger partial charge in [-0.1, -0.05) is 15.9 Å². The van der Waals surface area contributed by atoms with Crippen molar-refractivity contribution in [3.05, 3.63) is 5.82 Å². The van der Waals surface area contributed by atoms with Crippen molar-refractivity contribution in [1.82, 2.24) is 20.2 Å². The van der Waals surface area contributed by atoms with Gasteiger partial charge in [0.05, 0.1) is 5.54 Å². The molecule has 0 aliphatic heterocycles. The average Bonchev–Trinajstić information content (AvgIpc) is 2.35. The van der Waals surface area contributed by atoms with Crippen LogP contribution in [0, 0.1) is 0 Å². The summed E-state index contributed by atoms with van der Waals surface area (Å²) in [6.07, 6.45) is 0.829. The van der Waals surface area contributed by atoms with Crippen molar-refractivity contribution in [2.45, 2.75) is 32.7 Å². The van der Waals surface area contributed by atoms with Gasteiger partial charge in [-0.2, -0.15) is 4.80 Å². The smallest absolute Gasteiger partial charge is 0.159 e. The quantitative estimate of drug-likeness (QED) is 0.724. The van der Waals surface area contributed by atoms with Gasteiger partial charge in [-0.3, -0.25) is 0 Å². The average molecular weight is 233 g/mol. The topological polar surface area (TPSA) is 43.6 Å². The van der Waals surface area contributed by atoms with Gasteiger partial charge in [0.1, 0.15) is 0 Å². The van der Waals surface area contributed by atoms with Crippen LogP contribution in [0.25, 0.3) is 0 Å². The normalized spacial score (nSPS) is 12.0. The standard InChI is InChI=1S/C7H13BrN4/c1-7(2,3)12-10-6(4-5-8)9-11-12/h4-5H2,1-3H3. The zero-order valence-corrected chi connectivity index (χ0v) is 9.17. The third-order valence-corrected chi connectivity index (χ3v) is 1.77. The molecule has 0 atom stereocenters. The van der Waals surface area contributed by atoms with Crippen LogP contribution in [-0.2, 0) is 12.0 Å². The second kappa shape index (κ2) is 3.51. The maximum atomic E-state index is 4.24. The van der Waals surface area contributed by atoms with E-state index in [1.165, 1.54) is 0 Å². The number of aryl methyl sites for hydroxylation is 1. The van der Waals surface area contributed by atoms with Crippen molar-refractivity contribution in [1.29, 1.82) is 0 Å². The monoisotopic (exact) mass is 232 g/mol. The predicted octanol–water partition coefficient (Wildman–Crippen LogP) is 1.37. The number of hydrogen-bond donors (Lipinski definition) is 0. The van der Waals surface area contributed by atoms with E-state index in [0.29, 0.717) is 0 Å². The summed E-state index contributed by atoms with van der Waals surface area (Å²) in [4.78, 5) is 1.64. The van der Waals surface area contributed by atoms with Crippen LogP contribution in [0.2, 0.25) is 0 Å². The van der Waals surface area contributed by atoms with Gasteiger partial charge in [0.2, 0.25) is 0 Å². The second-order valence-corrected chi connectivity index (χ2v) is 4.40. The molecule has 4 nitrogen and oxygen atoms in total. The van der Waals surface area contributed by atoms with Crippen LogP contribution in [0.5, 0.6) is 0 Å². The van der Waals surface area contributed by atoms with Crippen molar-refractivity contribution in [3.8, 4) is 0 Å². The Balaban J connectivity index is 2.77. The van der Waals surface area contributed by atoms with Gasteiger partial charge in [-0.15, -0.1) is 10.2 Å². The summed E-state index contributed by atoms with van der Waals surface area (Å²) in [5.74, 6) is 0.793. The highest BCUT2D eigenvalue weighted by Gasteiger charge is 2.16. The van der Waals surface area contributed by atoms with E-state index in [4.69, 9.17) is 0 Å². The fourth-order valence-corrected chi connectivity index (χ4v) is 1.07. The van der Waals surface area contributed by atoms with Gasteiger partial charge in [0.25, 0.3) is 0 Å². The number of halogens is 1. The lowest BCUT2D eigenvalue weighted by atomic mass is 10.1. The Morgan fingerprint density at radius 1 is 1.42 bits per heavy atom. The molecule has 0 saturated heterocycles. The first-order chi connectivity index (χ1) is 5.54. The molecule has 1 aromatic rings. The first-order valence-corrected chi connectivity index (χ1v) is 5.01. The summed E-state index contributed by atoms with van der Waals surface area (Å²) >= 11 is 3.33. The Hall–Kier alpha value is -0.450. The van der Waals surface area contributed by atoms with Crippen molar-refractivity contribution >= 4 is 15.9 Å². The minimum Gasteiger partial charge on any atom is -0.159 e. The summed E-state index contributed by atoms with van der Waals surface area (Å²) in [5.41, 5.74) is -0.0719. The van der Waals surface area contributed by atoms with Gasteiger partial charge in [-0.05, 0) is 26.0 Å². The van der Waals surface area contributed by atoms with Crippen LogP contribution in [-0.4, -0.2) is 25.5 Å². The largest absolute Gasteiger partial charge is 0.175 e. The Bertz CT molecular complexity index is 250. The highest BCUT2D eigenvalue weighted by molar-refractivity contribution is 9.09. The molecule has 0 fully saturated rings. The first kappa shape index (κ1) is 9.64. The number of alkyl halides is 1. The van der Waals surface area contributed by atoms with Gasteiger partial charge < -0.3 is 0 Å². The molecule has 68 valence electrons. The van der Waals surface area contributed by atoms with Crippen LogP contribution in [0.4, 0.5) is 0 Å². The summed E-state index contributed by atoms with van der Waals surface area (Å²) < 4.78 is 0. The lowest BCUT2D eigenvalue weighted by Crippen LogP contribution is -2.24. The predicted molar refractivity (Wildman–Crippen MR) is 50.3 cm³/mol. The molecule has 0 aliphatic carbocycles. The molecule has 0 spiro atoms. The molecular weight excluding hydrogens is 220 g/mol. The zero-order valence-electron chi connectivity index (χ0n) is 7.58. The summed E-state index contributed by atoms with van der Waals surface area (Å²) in [5, 5.41) is 13.0. The van der Waals surface area contributed by atoms with Gasteiger partial charge in [0, 0.05) is 11.8 Å². The molecule has 5 heteroatoms. The molecule has 0 aromatic carbocycles. The summed E-state index contributed by atoms with van der Waals surface area (Å²) in [7, 11) is 0. The van der Waals surface area contributed by atoms with Crippen molar-refractivity contribution < 1.29 is 0 Å². The molecule has 1 aromatic heterocycles. The van der Waals surface area contributed by atoms with Crippen molar-refractivity contribution in [3.63, 3.8) is 0 Å². The first-order valence-electron chi connectivity index (χ1n) is 3.89. The van der Waals surface area contributed by atoms with E-state index in [-0.39, 0.29) is 5.54 Å². The molecule has 1 rings (SSSR count). The third kappa shape index (κ3) is 2.27. The van der Waals surface area contributed by atoms with E-state index in [1.807, 2.05) is 20.8 Å². The lowest BCUT2D eigenvalue weighted by Gasteiger charge is -2.15. The van der Waals surface area contributed by atoms with E-state index >= 15 is 0 Å². The number of rotatable bonds is 2. The third-order valence-electron chi connectivity index (χ3n) is 1.37. The van der Waals surface area contributed by atoms with Crippen LogP contribution < -0.4 is 0 Å². The Kier molecular flexibility index (Phi) is 2.82. The van der Waals surface area contributed by atoms with E-state index in [9.17, 15) is 0 Å². The lowest BCUT2D eigenvalue weighted by molar-refractivity contribution is 0.305. The second-order valence-electron chi connectivity index (χ2n) is 3.60. The molecule has 0 unspecified atom stereocenters. The highest BCUT2D eigenvalue weighted by Crippen LogP contribution is 2.09. The zero-order chi connectivity index (χ0) is 9.19. The van der Waals surface area contributed by atoms with Crippen molar-refractivity contribution in [2.75, 3.05) is 5.33 Å². The van der Waals surface area contributed by atoms with E-state index in [0.717, 1.165) is 17.6 Å². The van der Waals surface area contributed by atoms with E-state index in [2.05, 4.69) is 31.3 Å². The Labute approximate surface area is 80.5 Å². The summed E-state index contributed by atoms with van der Waals surface area (Å²) in [6.45, 7) is 6.14. The van der Waals surface area contributed by atoms with Crippen LogP contribution in [0.3, 0.4) is 0 Å². The maximum absolute atomic E-state index is 4.24. The van der Waals surface area contributed by atoms with Crippen LogP contribution in [0.1, 0.15) is 26.6 Å². The Morgan fingerprint density at radius 3 is 2.50 bits per heavy atom. The molecular formula is C7H13BrN4. The molecule has 0 N–H and O–H groups in total. The SMILES string of the molecule is CC(C)(C)n1nnc(CCBr)n1. The fourth-order valence-electron chi connectivity index (χ4n) is 0.712. The number of tetrazole rings is 1. The number of hydrogen-bond acceptors (Lipinski definition) is 3. The van der Waals surface area contributed by atoms with Gasteiger partial charge in [0.15, 0.2) is 5.82 Å². The van der Waals surface area contributed by atoms with Crippen LogP contribution in [0.15, 0.2) is 0 Å². The maximum Gasteiger partial charge on any atom is 0.175 e. The molecule has 0 aliphatic rings. The van der Waals surface area contributed by atoms with Crippen molar-refractivity contribution in [2.24, 2.45) is 0 Å². The highest BCUT2D eigenvalue weighted by atomic mass is 79.9. The van der Waals surface area contributed by atoms with E-state index < -0.39 is 0 Å². The van der Waals surface area contributed by atoms with Gasteiger partial charge in [-0.25, -0.2) is 0 Å². The molecule has 12 heavy (non-hydrogen) atoms. The molecule has 0 saturated carbocycles. The minimum absolute atomic E-state index is 0.0719. The minimum atomic E-state index is -0.0719. The molecule has 0 amide bonds. The Morgan fingerprint density at radius 2 is 2.08 bits per heavy atom. The number of nitrogens with zero attached hydrogens (tertiary/aromatic N) is 4. The summed E-state index contributed by atoms with van der Waals surface area (Å²) in [6, 6.07) is 0. The molecule has 0 bridgehead atoms. The molecule has 1 heterocycles. The molecule has 0 radical (unpaired) electrons. The van der Waals surface area contributed by atoms with Gasteiger partial charge >= 0.3 is 0 Å². The fraction of sp³-hybridized carbons (Fsp3) is 0.857. The number of aromatic nitrogens is 4. The van der Waals surface area contributed by atoms with Crippen LogP contribution >= 0.6 is 15.9 Å². The van der Waals surface area contributed by atoms with E-state index in [1.54, 1.807) is 4.80 Å².